The van der Waals surface area contributed by atoms with E-state index in [1.165, 1.54) is 4.90 Å². The van der Waals surface area contributed by atoms with Gasteiger partial charge in [-0.3, -0.25) is 9.59 Å². The standard InChI is InChI=1S/C40H53N5O5/c1-9-19-41-24-35(47)45-33(20-27-15-17-31(46)18-16-27)37(48)44(26-34(45)43-38(49)42-23-28-13-11-10-12-14-28)25-29-21-30(39(2,3)4)22-32(36(29)50-8)40(5,6)7/h9-18,21-22,33-34,41,46H,1,19-20,23-26H2,2-8H3,(H2,42,43,49)/t33-,34+/m0/s1. The van der Waals surface area contributed by atoms with Crippen LogP contribution in [0.2, 0.25) is 0 Å². The van der Waals surface area contributed by atoms with Gasteiger partial charge < -0.3 is 35.6 Å². The highest BCUT2D eigenvalue weighted by Gasteiger charge is 2.44. The van der Waals surface area contributed by atoms with Crippen molar-refractivity contribution in [3.05, 3.63) is 107 Å². The Morgan fingerprint density at radius 3 is 2.26 bits per heavy atom. The number of piperazine rings is 1. The smallest absolute Gasteiger partial charge is 0.316 e. The molecule has 0 bridgehead atoms. The Kier molecular flexibility index (Phi) is 12.3. The Balaban J connectivity index is 1.77. The van der Waals surface area contributed by atoms with Gasteiger partial charge in [0.25, 0.3) is 0 Å². The van der Waals surface area contributed by atoms with Crippen molar-refractivity contribution >= 4 is 17.8 Å². The summed E-state index contributed by atoms with van der Waals surface area (Å²) in [4.78, 5) is 45.2. The lowest BCUT2D eigenvalue weighted by molar-refractivity contribution is -0.157. The Bertz CT molecular complexity index is 1640. The molecule has 0 spiro atoms. The van der Waals surface area contributed by atoms with Crippen molar-refractivity contribution in [2.45, 2.75) is 84.1 Å². The highest BCUT2D eigenvalue weighted by Crippen LogP contribution is 2.39. The van der Waals surface area contributed by atoms with Gasteiger partial charge in [-0.2, -0.15) is 0 Å². The second-order valence-corrected chi connectivity index (χ2v) is 14.9. The van der Waals surface area contributed by atoms with Gasteiger partial charge in [0.05, 0.1) is 20.2 Å². The number of phenols is 1. The van der Waals surface area contributed by atoms with Gasteiger partial charge in [-0.1, -0.05) is 96.1 Å². The molecule has 1 saturated heterocycles. The third kappa shape index (κ3) is 9.65. The van der Waals surface area contributed by atoms with Crippen molar-refractivity contribution in [2.75, 3.05) is 26.7 Å². The summed E-state index contributed by atoms with van der Waals surface area (Å²) in [5.74, 6) is 0.227. The molecule has 1 fully saturated rings. The number of ether oxygens (including phenoxy) is 1. The fourth-order valence-electron chi connectivity index (χ4n) is 6.18. The number of aromatic hydroxyl groups is 1. The number of amides is 4. The van der Waals surface area contributed by atoms with Crippen LogP contribution in [0.4, 0.5) is 4.79 Å². The molecule has 268 valence electrons. The first-order valence-corrected chi connectivity index (χ1v) is 17.1. The number of hydrogen-bond acceptors (Lipinski definition) is 6. The molecule has 0 saturated carbocycles. The van der Waals surface area contributed by atoms with E-state index in [0.29, 0.717) is 18.8 Å². The maximum atomic E-state index is 14.6. The lowest BCUT2D eigenvalue weighted by Crippen LogP contribution is -2.69. The summed E-state index contributed by atoms with van der Waals surface area (Å²) in [5, 5.41) is 18.9. The number of carbonyl (C=O) groups excluding carboxylic acids is 3. The number of hydrogen-bond donors (Lipinski definition) is 4. The topological polar surface area (TPSA) is 123 Å². The van der Waals surface area contributed by atoms with E-state index in [-0.39, 0.29) is 54.4 Å². The first-order valence-electron chi connectivity index (χ1n) is 17.1. The van der Waals surface area contributed by atoms with Gasteiger partial charge in [0, 0.05) is 37.2 Å². The van der Waals surface area contributed by atoms with Gasteiger partial charge in [-0.05, 0) is 45.7 Å². The largest absolute Gasteiger partial charge is 0.508 e. The molecule has 1 aliphatic heterocycles. The molecule has 3 aromatic rings. The second-order valence-electron chi connectivity index (χ2n) is 14.9. The minimum absolute atomic E-state index is 0.0500. The van der Waals surface area contributed by atoms with E-state index >= 15 is 0 Å². The summed E-state index contributed by atoms with van der Waals surface area (Å²) in [7, 11) is 1.65. The molecule has 2 atom stereocenters. The summed E-state index contributed by atoms with van der Waals surface area (Å²) in [6.45, 7) is 17.5. The summed E-state index contributed by atoms with van der Waals surface area (Å²) >= 11 is 0. The van der Waals surface area contributed by atoms with Crippen molar-refractivity contribution in [1.82, 2.24) is 25.8 Å². The predicted molar refractivity (Wildman–Crippen MR) is 197 cm³/mol. The summed E-state index contributed by atoms with van der Waals surface area (Å²) in [6.07, 6.45) is 0.989. The van der Waals surface area contributed by atoms with Crippen LogP contribution in [-0.2, 0) is 39.9 Å². The number of urea groups is 1. The lowest BCUT2D eigenvalue weighted by Gasteiger charge is -2.46. The van der Waals surface area contributed by atoms with Crippen LogP contribution in [-0.4, -0.2) is 71.7 Å². The molecule has 0 unspecified atom stereocenters. The van der Waals surface area contributed by atoms with Gasteiger partial charge in [0.15, 0.2) is 0 Å². The van der Waals surface area contributed by atoms with Crippen molar-refractivity contribution < 1.29 is 24.2 Å². The summed E-state index contributed by atoms with van der Waals surface area (Å²) in [6, 6.07) is 19.0. The van der Waals surface area contributed by atoms with Crippen LogP contribution < -0.4 is 20.7 Å². The molecule has 4 amide bonds. The monoisotopic (exact) mass is 683 g/mol. The Morgan fingerprint density at radius 2 is 1.66 bits per heavy atom. The molecule has 3 aromatic carbocycles. The fraction of sp³-hybridized carbons (Fsp3) is 0.425. The normalized spacial score (nSPS) is 16.6. The zero-order chi connectivity index (χ0) is 36.6. The highest BCUT2D eigenvalue weighted by atomic mass is 16.5. The molecule has 4 rings (SSSR count). The van der Waals surface area contributed by atoms with E-state index in [4.69, 9.17) is 4.74 Å². The average Bonchev–Trinajstić information content (AvgIpc) is 3.06. The lowest BCUT2D eigenvalue weighted by atomic mass is 9.78. The molecule has 0 aromatic heterocycles. The van der Waals surface area contributed by atoms with Crippen molar-refractivity contribution in [3.63, 3.8) is 0 Å². The van der Waals surface area contributed by atoms with E-state index < -0.39 is 18.2 Å². The molecule has 50 heavy (non-hydrogen) atoms. The first-order chi connectivity index (χ1) is 23.6. The van der Waals surface area contributed by atoms with Gasteiger partial charge in [-0.15, -0.1) is 6.58 Å². The molecule has 0 radical (unpaired) electrons. The molecule has 4 N–H and O–H groups in total. The van der Waals surface area contributed by atoms with Crippen LogP contribution in [0.25, 0.3) is 0 Å². The Morgan fingerprint density at radius 1 is 0.980 bits per heavy atom. The average molecular weight is 684 g/mol. The molecule has 1 heterocycles. The van der Waals surface area contributed by atoms with Crippen LogP contribution in [0.5, 0.6) is 11.5 Å². The summed E-state index contributed by atoms with van der Waals surface area (Å²) < 4.78 is 6.04. The molecule has 10 nitrogen and oxygen atoms in total. The fourth-order valence-corrected chi connectivity index (χ4v) is 6.18. The van der Waals surface area contributed by atoms with Crippen molar-refractivity contribution in [1.29, 1.82) is 0 Å². The highest BCUT2D eigenvalue weighted by molar-refractivity contribution is 5.91. The molecular formula is C40H53N5O5. The maximum absolute atomic E-state index is 14.6. The van der Waals surface area contributed by atoms with Crippen LogP contribution in [0.3, 0.4) is 0 Å². The quantitative estimate of drug-likeness (QED) is 0.150. The first kappa shape index (κ1) is 38.0. The van der Waals surface area contributed by atoms with E-state index in [9.17, 15) is 19.5 Å². The van der Waals surface area contributed by atoms with Crippen LogP contribution in [0.1, 0.15) is 69.4 Å². The third-order valence-corrected chi connectivity index (χ3v) is 8.88. The number of nitrogens with zero attached hydrogens (tertiary/aromatic N) is 2. The number of methoxy groups -OCH3 is 1. The zero-order valence-corrected chi connectivity index (χ0v) is 30.5. The summed E-state index contributed by atoms with van der Waals surface area (Å²) in [5.41, 5.74) is 4.27. The Hall–Kier alpha value is -4.83. The minimum atomic E-state index is -0.940. The predicted octanol–water partition coefficient (Wildman–Crippen LogP) is 5.38. The van der Waals surface area contributed by atoms with Crippen LogP contribution in [0.15, 0.2) is 79.4 Å². The molecular weight excluding hydrogens is 630 g/mol. The van der Waals surface area contributed by atoms with Crippen LogP contribution in [0, 0.1) is 0 Å². The van der Waals surface area contributed by atoms with E-state index in [1.54, 1.807) is 42.4 Å². The molecule has 0 aliphatic carbocycles. The van der Waals surface area contributed by atoms with Gasteiger partial charge >= 0.3 is 6.03 Å². The third-order valence-electron chi connectivity index (χ3n) is 8.88. The number of phenolic OH excluding ortho intramolecular Hbond substituents is 1. The maximum Gasteiger partial charge on any atom is 0.316 e. The zero-order valence-electron chi connectivity index (χ0n) is 30.5. The van der Waals surface area contributed by atoms with Gasteiger partial charge in [0.1, 0.15) is 23.7 Å². The van der Waals surface area contributed by atoms with Gasteiger partial charge in [0.2, 0.25) is 11.8 Å². The number of benzene rings is 3. The van der Waals surface area contributed by atoms with Crippen molar-refractivity contribution in [2.24, 2.45) is 0 Å². The van der Waals surface area contributed by atoms with E-state index in [0.717, 1.165) is 27.8 Å². The van der Waals surface area contributed by atoms with E-state index in [1.807, 2.05) is 30.3 Å². The van der Waals surface area contributed by atoms with Crippen LogP contribution >= 0.6 is 0 Å². The molecule has 10 heteroatoms. The van der Waals surface area contributed by atoms with Crippen molar-refractivity contribution in [3.8, 4) is 11.5 Å². The van der Waals surface area contributed by atoms with Gasteiger partial charge in [-0.25, -0.2) is 4.79 Å². The number of nitrogens with one attached hydrogen (secondary N) is 3. The number of carbonyl (C=O) groups is 3. The number of rotatable bonds is 12. The molecule has 1 aliphatic rings. The van der Waals surface area contributed by atoms with E-state index in [2.05, 4.69) is 76.2 Å². The SMILES string of the molecule is C=CCNCC(=O)N1[C@@H](NC(=O)NCc2ccccc2)CN(Cc2cc(C(C)(C)C)cc(C(C)(C)C)c2OC)C(=O)[C@@H]1Cc1ccc(O)cc1. The Labute approximate surface area is 296 Å². The minimum Gasteiger partial charge on any atom is -0.508 e. The second kappa shape index (κ2) is 16.3.